The highest BCUT2D eigenvalue weighted by atomic mass is 31.1. The number of nitrogens with zero attached hydrogens (tertiary/aromatic N) is 1. The maximum atomic E-state index is 14.3. The van der Waals surface area contributed by atoms with Gasteiger partial charge in [-0.2, -0.15) is 0 Å². The first-order chi connectivity index (χ1) is 27.9. The summed E-state index contributed by atoms with van der Waals surface area (Å²) in [5.41, 5.74) is 9.14. The molecular formula is C44H55N6O7P. The second kappa shape index (κ2) is 21.5. The summed E-state index contributed by atoms with van der Waals surface area (Å²) in [4.78, 5) is 57.7. The topological polar surface area (TPSA) is 182 Å². The van der Waals surface area contributed by atoms with Crippen molar-refractivity contribution in [2.75, 3.05) is 41.2 Å². The number of guanidine groups is 1. The fraction of sp³-hybridized carbons (Fsp3) is 0.341. The average molecular weight is 811 g/mol. The van der Waals surface area contributed by atoms with Gasteiger partial charge in [-0.1, -0.05) is 60.7 Å². The predicted octanol–water partition coefficient (Wildman–Crippen LogP) is 5.51. The molecule has 13 nitrogen and oxygen atoms in total. The van der Waals surface area contributed by atoms with Gasteiger partial charge in [-0.15, -0.1) is 13.2 Å². The fourth-order valence-electron chi connectivity index (χ4n) is 6.97. The van der Waals surface area contributed by atoms with Gasteiger partial charge in [0, 0.05) is 31.0 Å². The van der Waals surface area contributed by atoms with Crippen molar-refractivity contribution < 1.29 is 33.4 Å². The van der Waals surface area contributed by atoms with Gasteiger partial charge in [0.2, 0.25) is 17.7 Å². The van der Waals surface area contributed by atoms with Gasteiger partial charge in [0.05, 0.1) is 21.3 Å². The highest BCUT2D eigenvalue weighted by Crippen LogP contribution is 2.48. The van der Waals surface area contributed by atoms with Gasteiger partial charge in [-0.05, 0) is 91.9 Å². The molecule has 6 N–H and O–H groups in total. The Labute approximate surface area is 341 Å². The molecule has 4 rings (SSSR count). The molecule has 1 unspecified atom stereocenters. The molecule has 0 spiro atoms. The monoisotopic (exact) mass is 810 g/mol. The van der Waals surface area contributed by atoms with Crippen molar-refractivity contribution in [3.05, 3.63) is 97.1 Å². The number of carbonyl (C=O) groups excluding carboxylic acids is 4. The number of methoxy groups -OCH3 is 3. The largest absolute Gasteiger partial charge is 0.496 e. The summed E-state index contributed by atoms with van der Waals surface area (Å²) >= 11 is 0. The van der Waals surface area contributed by atoms with Crippen LogP contribution in [0.4, 0.5) is 0 Å². The lowest BCUT2D eigenvalue weighted by atomic mass is 9.87. The summed E-state index contributed by atoms with van der Waals surface area (Å²) in [6.07, 6.45) is 4.49. The third-order valence-corrected chi connectivity index (χ3v) is 10.1. The van der Waals surface area contributed by atoms with Crippen molar-refractivity contribution in [1.29, 1.82) is 0 Å². The number of carbonyl (C=O) groups is 4. The van der Waals surface area contributed by atoms with E-state index in [0.717, 1.165) is 38.2 Å². The summed E-state index contributed by atoms with van der Waals surface area (Å²) < 4.78 is 17.3. The second-order valence-electron chi connectivity index (χ2n) is 13.9. The quantitative estimate of drug-likeness (QED) is 0.0192. The van der Waals surface area contributed by atoms with Crippen molar-refractivity contribution in [2.24, 2.45) is 10.7 Å². The summed E-state index contributed by atoms with van der Waals surface area (Å²) in [5, 5.41) is 15.1. The van der Waals surface area contributed by atoms with Crippen molar-refractivity contribution in [1.82, 2.24) is 21.0 Å². The van der Waals surface area contributed by atoms with E-state index in [1.165, 1.54) is 20.1 Å². The molecular weight excluding hydrogens is 755 g/mol. The Morgan fingerprint density at radius 1 is 0.793 bits per heavy atom. The molecule has 0 fully saturated rings. The highest BCUT2D eigenvalue weighted by molar-refractivity contribution is 7.54. The minimum atomic E-state index is -1.14. The molecule has 14 heteroatoms. The highest BCUT2D eigenvalue weighted by Gasteiger charge is 2.31. The number of nitrogens with one attached hydrogen (secondary N) is 4. The van der Waals surface area contributed by atoms with Gasteiger partial charge >= 0.3 is 5.97 Å². The molecule has 0 radical (unpaired) electrons. The maximum Gasteiger partial charge on any atom is 0.328 e. The lowest BCUT2D eigenvalue weighted by molar-refractivity contribution is -0.145. The Morgan fingerprint density at radius 2 is 1.34 bits per heavy atom. The lowest BCUT2D eigenvalue weighted by Crippen LogP contribution is -2.56. The average Bonchev–Trinajstić information content (AvgIpc) is 3.19. The van der Waals surface area contributed by atoms with E-state index < -0.39 is 49.9 Å². The van der Waals surface area contributed by atoms with Crippen LogP contribution in [0.15, 0.2) is 91.0 Å². The van der Waals surface area contributed by atoms with E-state index in [1.54, 1.807) is 14.2 Å². The Balaban J connectivity index is 1.81. The number of amides is 3. The molecule has 3 atom stereocenters. The zero-order valence-corrected chi connectivity index (χ0v) is 35.0. The Bertz CT molecular complexity index is 2170. The number of hydrogen-bond acceptors (Lipinski definition) is 8. The number of esters is 1. The van der Waals surface area contributed by atoms with E-state index in [0.29, 0.717) is 29.9 Å². The van der Waals surface area contributed by atoms with Crippen molar-refractivity contribution in [2.45, 2.75) is 57.2 Å². The van der Waals surface area contributed by atoms with Crippen LogP contribution in [0, 0.1) is 0 Å². The number of ether oxygens (including phenoxy) is 3. The van der Waals surface area contributed by atoms with E-state index in [1.807, 2.05) is 74.0 Å². The zero-order valence-electron chi connectivity index (χ0n) is 34.1. The van der Waals surface area contributed by atoms with Crippen LogP contribution < -0.4 is 36.2 Å². The van der Waals surface area contributed by atoms with Crippen LogP contribution in [0.25, 0.3) is 32.7 Å². The number of allylic oxidation sites excluding steroid dienone is 1. The van der Waals surface area contributed by atoms with Crippen LogP contribution in [-0.2, 0) is 36.8 Å². The van der Waals surface area contributed by atoms with E-state index in [4.69, 9.17) is 19.9 Å². The molecule has 0 aliphatic carbocycles. The molecule has 58 heavy (non-hydrogen) atoms. The van der Waals surface area contributed by atoms with Crippen molar-refractivity contribution >= 4 is 59.3 Å². The molecule has 0 aliphatic heterocycles. The number of rotatable bonds is 20. The fourth-order valence-corrected chi connectivity index (χ4v) is 7.49. The van der Waals surface area contributed by atoms with Crippen LogP contribution in [0.1, 0.15) is 37.3 Å². The molecule has 0 heterocycles. The third-order valence-electron chi connectivity index (χ3n) is 9.41. The van der Waals surface area contributed by atoms with Crippen LogP contribution >= 0.6 is 8.07 Å². The van der Waals surface area contributed by atoms with Crippen LogP contribution in [-0.4, -0.2) is 89.0 Å². The number of hydrogen-bond donors (Lipinski definition) is 5. The summed E-state index contributed by atoms with van der Waals surface area (Å²) in [6, 6.07) is 16.7. The van der Waals surface area contributed by atoms with Crippen molar-refractivity contribution in [3.63, 3.8) is 0 Å². The number of benzene rings is 4. The summed E-state index contributed by atoms with van der Waals surface area (Å²) in [5.74, 6) is -0.902. The molecule has 3 amide bonds. The third kappa shape index (κ3) is 11.3. The Morgan fingerprint density at radius 3 is 1.88 bits per heavy atom. The van der Waals surface area contributed by atoms with Gasteiger partial charge in [0.1, 0.15) is 29.6 Å². The summed E-state index contributed by atoms with van der Waals surface area (Å²) in [6.45, 7) is 13.2. The standard InChI is InChI=1S/C44H55N6O7P/c1-9-16-30-24-28-18-11-13-20-32(28)37(39(30)55-4)38-33-21-14-12-19-29(33)25-31(40(38)56-5)26-36(47-27(3)51)42(53)48-34(22-15-23-46-44(45)50-58(7)8)41(52)49-35(17-10-2)43(54)57-6/h9-14,18-21,24-25,34-36H,1-2,15-17,22-23,26H2,3-8H3,(H,47,51)(H,48,53)(H,49,52)(H3,45,46,50)/t34-,35-,36?/m0/s1. The predicted molar refractivity (Wildman–Crippen MR) is 234 cm³/mol. The van der Waals surface area contributed by atoms with Crippen LogP contribution in [0.5, 0.6) is 11.5 Å². The SMILES string of the molecule is C=CCc1cc2ccccc2c(-c2c(OC)c(CC(NC(C)=O)C(=O)N[C@@H](CCCN=C(N)NP(C)C)C(=O)N[C@@H](CC=C)C(=O)OC)cc3ccccc23)c1OC. The first-order valence-electron chi connectivity index (χ1n) is 19.0. The molecule has 0 aromatic heterocycles. The van der Waals surface area contributed by atoms with E-state index in [2.05, 4.69) is 45.3 Å². The minimum absolute atomic E-state index is 0.00187. The van der Waals surface area contributed by atoms with E-state index in [-0.39, 0.29) is 31.8 Å². The molecule has 0 saturated carbocycles. The molecule has 4 aromatic carbocycles. The first-order valence-corrected chi connectivity index (χ1v) is 21.2. The zero-order chi connectivity index (χ0) is 42.4. The van der Waals surface area contributed by atoms with Crippen molar-refractivity contribution in [3.8, 4) is 22.6 Å². The molecule has 4 aromatic rings. The minimum Gasteiger partial charge on any atom is -0.496 e. The molecule has 308 valence electrons. The number of aliphatic imine (C=N–C) groups is 1. The molecule has 0 saturated heterocycles. The first kappa shape index (κ1) is 44.8. The number of fused-ring (bicyclic) bond motifs is 2. The Hall–Kier alpha value is -5.94. The van der Waals surface area contributed by atoms with E-state index in [9.17, 15) is 19.2 Å². The number of nitrogens with two attached hydrogens (primary N) is 1. The Kier molecular flexibility index (Phi) is 16.6. The smallest absolute Gasteiger partial charge is 0.328 e. The van der Waals surface area contributed by atoms with Gasteiger partial charge in [-0.25, -0.2) is 4.79 Å². The molecule has 0 bridgehead atoms. The van der Waals surface area contributed by atoms with Crippen LogP contribution in [0.3, 0.4) is 0 Å². The van der Waals surface area contributed by atoms with Gasteiger partial charge < -0.3 is 41.0 Å². The normalized spacial score (nSPS) is 12.9. The molecule has 0 aliphatic rings. The van der Waals surface area contributed by atoms with Crippen LogP contribution in [0.2, 0.25) is 0 Å². The maximum absolute atomic E-state index is 14.3. The van der Waals surface area contributed by atoms with Gasteiger partial charge in [0.15, 0.2) is 5.96 Å². The second-order valence-corrected chi connectivity index (χ2v) is 15.9. The van der Waals surface area contributed by atoms with E-state index >= 15 is 0 Å². The van der Waals surface area contributed by atoms with Gasteiger partial charge in [-0.3, -0.25) is 19.4 Å². The lowest BCUT2D eigenvalue weighted by Gasteiger charge is -2.26. The van der Waals surface area contributed by atoms with Gasteiger partial charge in [0.25, 0.3) is 0 Å². The summed E-state index contributed by atoms with van der Waals surface area (Å²) in [7, 11) is 3.90.